The second-order valence-corrected chi connectivity index (χ2v) is 5.79. The monoisotopic (exact) mass is 314 g/mol. The highest BCUT2D eigenvalue weighted by Gasteiger charge is 2.16. The molecule has 0 fully saturated rings. The first-order valence-electron chi connectivity index (χ1n) is 6.91. The Morgan fingerprint density at radius 3 is 2.64 bits per heavy atom. The lowest BCUT2D eigenvalue weighted by Gasteiger charge is -2.07. The molecule has 0 amide bonds. The van der Waals surface area contributed by atoms with Gasteiger partial charge < -0.3 is 9.67 Å². The van der Waals surface area contributed by atoms with E-state index in [0.29, 0.717) is 10.8 Å². The van der Waals surface area contributed by atoms with Crippen molar-refractivity contribution in [3.05, 3.63) is 52.5 Å². The van der Waals surface area contributed by atoms with Crippen molar-refractivity contribution in [3.8, 4) is 11.4 Å². The molecular weight excluding hydrogens is 300 g/mol. The molecule has 0 spiro atoms. The van der Waals surface area contributed by atoms with Gasteiger partial charge in [0.2, 0.25) is 0 Å². The van der Waals surface area contributed by atoms with Crippen LogP contribution in [0.1, 0.15) is 11.1 Å². The number of rotatable bonds is 3. The molecule has 3 aromatic rings. The van der Waals surface area contributed by atoms with E-state index in [9.17, 15) is 9.90 Å². The van der Waals surface area contributed by atoms with E-state index in [1.54, 1.807) is 16.7 Å². The molecule has 0 aliphatic carbocycles. The number of imidazole rings is 1. The van der Waals surface area contributed by atoms with Crippen LogP contribution in [0.5, 0.6) is 0 Å². The van der Waals surface area contributed by atoms with Gasteiger partial charge in [-0.2, -0.15) is 0 Å². The van der Waals surface area contributed by atoms with Gasteiger partial charge in [0.15, 0.2) is 0 Å². The molecule has 0 aliphatic heterocycles. The van der Waals surface area contributed by atoms with Gasteiger partial charge in [-0.15, -0.1) is 0 Å². The Balaban J connectivity index is 2.30. The first-order valence-corrected chi connectivity index (χ1v) is 7.28. The van der Waals surface area contributed by atoms with Crippen LogP contribution in [-0.2, 0) is 11.3 Å². The van der Waals surface area contributed by atoms with Crippen LogP contribution in [0.3, 0.4) is 0 Å². The maximum Gasteiger partial charge on any atom is 0.323 e. The zero-order valence-electron chi connectivity index (χ0n) is 12.3. The first kappa shape index (κ1) is 14.6. The van der Waals surface area contributed by atoms with Gasteiger partial charge in [-0.05, 0) is 49.2 Å². The van der Waals surface area contributed by atoms with Gasteiger partial charge in [0, 0.05) is 10.6 Å². The van der Waals surface area contributed by atoms with E-state index < -0.39 is 5.97 Å². The molecule has 1 N–H and O–H groups in total. The number of hydrogen-bond donors (Lipinski definition) is 1. The molecule has 4 nitrogen and oxygen atoms in total. The SMILES string of the molecule is Cc1cc2nc(-c3cccc(Cl)c3)n(CC(=O)O)c2cc1C. The molecule has 0 saturated heterocycles. The van der Waals surface area contributed by atoms with E-state index in [2.05, 4.69) is 4.98 Å². The fourth-order valence-electron chi connectivity index (χ4n) is 2.52. The third-order valence-corrected chi connectivity index (χ3v) is 3.97. The molecule has 112 valence electrons. The summed E-state index contributed by atoms with van der Waals surface area (Å²) in [6.07, 6.45) is 0. The Labute approximate surface area is 133 Å². The molecule has 5 heteroatoms. The Morgan fingerprint density at radius 2 is 1.95 bits per heavy atom. The van der Waals surface area contributed by atoms with Crippen LogP contribution in [0.4, 0.5) is 0 Å². The summed E-state index contributed by atoms with van der Waals surface area (Å²) >= 11 is 6.05. The molecule has 2 aromatic carbocycles. The maximum absolute atomic E-state index is 11.2. The molecule has 1 heterocycles. The summed E-state index contributed by atoms with van der Waals surface area (Å²) in [4.78, 5) is 15.9. The zero-order chi connectivity index (χ0) is 15.9. The number of aromatic nitrogens is 2. The quantitative estimate of drug-likeness (QED) is 0.793. The number of halogens is 1. The van der Waals surface area contributed by atoms with E-state index >= 15 is 0 Å². The van der Waals surface area contributed by atoms with Crippen molar-refractivity contribution in [1.29, 1.82) is 0 Å². The number of nitrogens with zero attached hydrogens (tertiary/aromatic N) is 2. The molecule has 0 unspecified atom stereocenters. The molecule has 0 radical (unpaired) electrons. The minimum Gasteiger partial charge on any atom is -0.480 e. The lowest BCUT2D eigenvalue weighted by atomic mass is 10.1. The van der Waals surface area contributed by atoms with Crippen molar-refractivity contribution in [2.45, 2.75) is 20.4 Å². The molecule has 0 aliphatic rings. The third kappa shape index (κ3) is 2.57. The summed E-state index contributed by atoms with van der Waals surface area (Å²) in [5, 5.41) is 9.82. The largest absolute Gasteiger partial charge is 0.480 e. The van der Waals surface area contributed by atoms with Crippen molar-refractivity contribution in [1.82, 2.24) is 9.55 Å². The number of carboxylic acids is 1. The summed E-state index contributed by atoms with van der Waals surface area (Å²) in [6.45, 7) is 3.89. The number of carboxylic acid groups (broad SMARTS) is 1. The van der Waals surface area contributed by atoms with E-state index in [4.69, 9.17) is 11.6 Å². The lowest BCUT2D eigenvalue weighted by Crippen LogP contribution is -2.10. The highest BCUT2D eigenvalue weighted by atomic mass is 35.5. The van der Waals surface area contributed by atoms with Crippen molar-refractivity contribution in [2.24, 2.45) is 0 Å². The van der Waals surface area contributed by atoms with Gasteiger partial charge in [-0.25, -0.2) is 4.98 Å². The van der Waals surface area contributed by atoms with Gasteiger partial charge in [0.1, 0.15) is 12.4 Å². The van der Waals surface area contributed by atoms with Crippen LogP contribution in [0.15, 0.2) is 36.4 Å². The molecule has 0 atom stereocenters. The molecule has 1 aromatic heterocycles. The van der Waals surface area contributed by atoms with Crippen molar-refractivity contribution >= 4 is 28.6 Å². The van der Waals surface area contributed by atoms with Crippen molar-refractivity contribution in [2.75, 3.05) is 0 Å². The van der Waals surface area contributed by atoms with Gasteiger partial charge in [0.25, 0.3) is 0 Å². The van der Waals surface area contributed by atoms with Crippen LogP contribution in [0, 0.1) is 13.8 Å². The van der Waals surface area contributed by atoms with Gasteiger partial charge in [0.05, 0.1) is 11.0 Å². The van der Waals surface area contributed by atoms with E-state index in [1.807, 2.05) is 38.1 Å². The minimum absolute atomic E-state index is 0.138. The second-order valence-electron chi connectivity index (χ2n) is 5.35. The number of fused-ring (bicyclic) bond motifs is 1. The van der Waals surface area contributed by atoms with Crippen molar-refractivity contribution < 1.29 is 9.90 Å². The van der Waals surface area contributed by atoms with E-state index in [1.165, 1.54) is 0 Å². The molecule has 0 saturated carbocycles. The predicted octanol–water partition coefficient (Wildman–Crippen LogP) is 4.06. The maximum atomic E-state index is 11.2. The molecule has 3 rings (SSSR count). The Hall–Kier alpha value is -2.33. The topological polar surface area (TPSA) is 55.1 Å². The Kier molecular flexibility index (Phi) is 3.62. The van der Waals surface area contributed by atoms with Crippen molar-refractivity contribution in [3.63, 3.8) is 0 Å². The second kappa shape index (κ2) is 5.46. The summed E-state index contributed by atoms with van der Waals surface area (Å²) in [7, 11) is 0. The average molecular weight is 315 g/mol. The first-order chi connectivity index (χ1) is 10.5. The average Bonchev–Trinajstić information content (AvgIpc) is 2.77. The van der Waals surface area contributed by atoms with Crippen LogP contribution < -0.4 is 0 Å². The molecule has 0 bridgehead atoms. The summed E-state index contributed by atoms with van der Waals surface area (Å²) in [5.74, 6) is -0.286. The van der Waals surface area contributed by atoms with Gasteiger partial charge in [-0.1, -0.05) is 23.7 Å². The Bertz CT molecular complexity index is 884. The third-order valence-electron chi connectivity index (χ3n) is 3.74. The van der Waals surface area contributed by atoms with Crippen LogP contribution >= 0.6 is 11.6 Å². The summed E-state index contributed by atoms with van der Waals surface area (Å²) in [5.41, 5.74) is 4.65. The fourth-order valence-corrected chi connectivity index (χ4v) is 2.71. The smallest absolute Gasteiger partial charge is 0.323 e. The minimum atomic E-state index is -0.902. The number of aliphatic carboxylic acids is 1. The zero-order valence-corrected chi connectivity index (χ0v) is 13.1. The molecule has 22 heavy (non-hydrogen) atoms. The summed E-state index contributed by atoms with van der Waals surface area (Å²) in [6, 6.07) is 11.2. The van der Waals surface area contributed by atoms with Crippen LogP contribution in [0.25, 0.3) is 22.4 Å². The number of benzene rings is 2. The normalized spacial score (nSPS) is 11.0. The number of carbonyl (C=O) groups is 1. The van der Waals surface area contributed by atoms with Gasteiger partial charge >= 0.3 is 5.97 Å². The van der Waals surface area contributed by atoms with Gasteiger partial charge in [-0.3, -0.25) is 4.79 Å². The fraction of sp³-hybridized carbons (Fsp3) is 0.176. The summed E-state index contributed by atoms with van der Waals surface area (Å²) < 4.78 is 1.72. The standard InChI is InChI=1S/C17H15ClN2O2/c1-10-6-14-15(7-11(10)2)20(9-16(21)22)17(19-14)12-4-3-5-13(18)8-12/h3-8H,9H2,1-2H3,(H,21,22). The Morgan fingerprint density at radius 1 is 1.23 bits per heavy atom. The van der Waals surface area contributed by atoms with Crippen LogP contribution in [0.2, 0.25) is 5.02 Å². The number of aryl methyl sites for hydroxylation is 2. The number of hydrogen-bond acceptors (Lipinski definition) is 2. The highest BCUT2D eigenvalue weighted by molar-refractivity contribution is 6.30. The van der Waals surface area contributed by atoms with E-state index in [-0.39, 0.29) is 6.54 Å². The van der Waals surface area contributed by atoms with E-state index in [0.717, 1.165) is 27.7 Å². The lowest BCUT2D eigenvalue weighted by molar-refractivity contribution is -0.137. The highest BCUT2D eigenvalue weighted by Crippen LogP contribution is 2.28. The predicted molar refractivity (Wildman–Crippen MR) is 87.3 cm³/mol. The molecular formula is C17H15ClN2O2. The van der Waals surface area contributed by atoms with Crippen LogP contribution in [-0.4, -0.2) is 20.6 Å².